The first-order chi connectivity index (χ1) is 12.5. The summed E-state index contributed by atoms with van der Waals surface area (Å²) in [6.45, 7) is -0.256. The summed E-state index contributed by atoms with van der Waals surface area (Å²) in [5, 5.41) is 0. The van der Waals surface area contributed by atoms with Gasteiger partial charge in [-0.3, -0.25) is 9.59 Å². The lowest BCUT2D eigenvalue weighted by Crippen LogP contribution is -2.77. The van der Waals surface area contributed by atoms with Gasteiger partial charge in [0.25, 0.3) is 6.47 Å². The Morgan fingerprint density at radius 3 is 1.68 bits per heavy atom. The average Bonchev–Trinajstić information content (AvgIpc) is 3.39. The van der Waals surface area contributed by atoms with Crippen LogP contribution in [0.4, 0.5) is 39.5 Å². The van der Waals surface area contributed by atoms with Crippen LogP contribution in [0.1, 0.15) is 39.0 Å². The summed E-state index contributed by atoms with van der Waals surface area (Å²) in [6, 6.07) is 0. The number of hydrogen-bond acceptors (Lipinski definition) is 3. The van der Waals surface area contributed by atoms with Crippen molar-refractivity contribution in [3.8, 4) is 0 Å². The molecule has 0 radical (unpaired) electrons. The molecule has 0 aromatic heterocycles. The van der Waals surface area contributed by atoms with Gasteiger partial charge in [0.2, 0.25) is 5.60 Å². The van der Waals surface area contributed by atoms with Crippen LogP contribution in [0.3, 0.4) is 0 Å². The van der Waals surface area contributed by atoms with Crippen molar-refractivity contribution in [3.63, 3.8) is 0 Å². The highest BCUT2D eigenvalue weighted by molar-refractivity contribution is 5.96. The molecule has 3 fully saturated rings. The van der Waals surface area contributed by atoms with Gasteiger partial charge in [-0.05, 0) is 38.5 Å². The summed E-state index contributed by atoms with van der Waals surface area (Å²) in [5.74, 6) is -4.06. The van der Waals surface area contributed by atoms with Crippen LogP contribution in [-0.4, -0.2) is 36.4 Å². The highest BCUT2D eigenvalue weighted by Gasteiger charge is 2.89. The maximum Gasteiger partial charge on any atom is 0.429 e. The van der Waals surface area contributed by atoms with Gasteiger partial charge in [-0.15, -0.1) is 0 Å². The molecule has 3 saturated carbocycles. The fraction of sp³-hybridized carbons (Fsp3) is 0.875. The molecule has 0 bridgehead atoms. The number of hydrogen-bond donors (Lipinski definition) is 0. The smallest absolute Gasteiger partial charge is 0.429 e. The van der Waals surface area contributed by atoms with E-state index in [9.17, 15) is 49.1 Å². The van der Waals surface area contributed by atoms with Crippen LogP contribution in [0, 0.1) is 22.2 Å². The first kappa shape index (κ1) is 21.2. The highest BCUT2D eigenvalue weighted by Crippen LogP contribution is 2.79. The molecule has 28 heavy (non-hydrogen) atoms. The number of ketones is 1. The predicted octanol–water partition coefficient (Wildman–Crippen LogP) is 4.74. The molecule has 3 unspecified atom stereocenters. The summed E-state index contributed by atoms with van der Waals surface area (Å²) in [5.41, 5.74) is -12.8. The second kappa shape index (κ2) is 5.35. The van der Waals surface area contributed by atoms with Crippen LogP contribution >= 0.6 is 0 Å². The third kappa shape index (κ3) is 2.25. The van der Waals surface area contributed by atoms with E-state index in [0.29, 0.717) is 6.92 Å². The molecular weight excluding hydrogens is 411 g/mol. The van der Waals surface area contributed by atoms with Crippen LogP contribution in [0.25, 0.3) is 0 Å². The standard InChI is InChI=1S/C16H15F9O3/c1-10(9(27)12(4-5-12)15(20,21)22)8(11(2-3-11)14(17,18)19)6-13(10,28-7-26)16(23,24)25/h7-8H,2-6H2,1H3. The number of carbonyl (C=O) groups is 2. The van der Waals surface area contributed by atoms with E-state index in [-0.39, 0.29) is 0 Å². The Bertz CT molecular complexity index is 700. The van der Waals surface area contributed by atoms with Crippen LogP contribution in [0.15, 0.2) is 0 Å². The fourth-order valence-corrected chi connectivity index (χ4v) is 4.90. The molecule has 0 heterocycles. The van der Waals surface area contributed by atoms with Crippen molar-refractivity contribution in [2.45, 2.75) is 63.2 Å². The lowest BCUT2D eigenvalue weighted by Gasteiger charge is -2.63. The molecule has 3 atom stereocenters. The van der Waals surface area contributed by atoms with Crippen LogP contribution in [0.5, 0.6) is 0 Å². The van der Waals surface area contributed by atoms with E-state index in [1.54, 1.807) is 0 Å². The Morgan fingerprint density at radius 2 is 1.39 bits per heavy atom. The number of carbonyl (C=O) groups excluding carboxylic acids is 2. The molecule has 3 aliphatic rings. The lowest BCUT2D eigenvalue weighted by atomic mass is 9.43. The van der Waals surface area contributed by atoms with E-state index in [2.05, 4.69) is 4.74 Å². The molecule has 0 amide bonds. The van der Waals surface area contributed by atoms with Crippen molar-refractivity contribution >= 4 is 12.3 Å². The molecule has 0 aromatic carbocycles. The Labute approximate surface area is 152 Å². The molecule has 3 aliphatic carbocycles. The fourth-order valence-electron chi connectivity index (χ4n) is 4.90. The molecule has 0 aromatic rings. The molecule has 0 N–H and O–H groups in total. The molecule has 3 nitrogen and oxygen atoms in total. The zero-order valence-electron chi connectivity index (χ0n) is 14.3. The number of Topliss-reactive ketones (excluding diaryl/α,β-unsaturated/α-hetero) is 1. The maximum absolute atomic E-state index is 13.8. The molecule has 0 spiro atoms. The van der Waals surface area contributed by atoms with Gasteiger partial charge in [0.05, 0.1) is 10.8 Å². The minimum atomic E-state index is -5.53. The number of halogens is 9. The molecule has 0 saturated heterocycles. The molecule has 160 valence electrons. The van der Waals surface area contributed by atoms with Gasteiger partial charge in [-0.25, -0.2) is 0 Å². The SMILES string of the molecule is CC1(C(=O)C2(C(F)(F)F)CC2)C(C2(C(F)(F)F)CC2)CC1(OC=O)C(F)(F)F. The number of rotatable bonds is 5. The second-order valence-corrected chi connectivity index (χ2v) is 8.06. The van der Waals surface area contributed by atoms with Gasteiger partial charge in [-0.2, -0.15) is 39.5 Å². The third-order valence-electron chi connectivity index (χ3n) is 6.95. The number of alkyl halides is 9. The minimum Gasteiger partial charge on any atom is -0.450 e. The van der Waals surface area contributed by atoms with Gasteiger partial charge in [0.15, 0.2) is 5.78 Å². The topological polar surface area (TPSA) is 43.4 Å². The third-order valence-corrected chi connectivity index (χ3v) is 6.95. The highest BCUT2D eigenvalue weighted by atomic mass is 19.4. The van der Waals surface area contributed by atoms with E-state index in [1.807, 2.05) is 0 Å². The Hall–Kier alpha value is -1.49. The van der Waals surface area contributed by atoms with Gasteiger partial charge in [0, 0.05) is 6.42 Å². The minimum absolute atomic E-state index is 0.429. The average molecular weight is 426 g/mol. The Balaban J connectivity index is 2.16. The second-order valence-electron chi connectivity index (χ2n) is 8.06. The first-order valence-corrected chi connectivity index (χ1v) is 8.33. The van der Waals surface area contributed by atoms with Crippen molar-refractivity contribution in [1.82, 2.24) is 0 Å². The molecular formula is C16H15F9O3. The van der Waals surface area contributed by atoms with E-state index in [0.717, 1.165) is 0 Å². The molecule has 12 heteroatoms. The monoisotopic (exact) mass is 426 g/mol. The van der Waals surface area contributed by atoms with Crippen molar-refractivity contribution in [2.24, 2.45) is 22.2 Å². The van der Waals surface area contributed by atoms with Crippen molar-refractivity contribution in [2.75, 3.05) is 0 Å². The Kier molecular flexibility index (Phi) is 4.06. The summed E-state index contributed by atoms with van der Waals surface area (Å²) >= 11 is 0. The van der Waals surface area contributed by atoms with Crippen molar-refractivity contribution in [1.29, 1.82) is 0 Å². The van der Waals surface area contributed by atoms with Gasteiger partial charge in [0.1, 0.15) is 5.41 Å². The molecule has 0 aliphatic heterocycles. The van der Waals surface area contributed by atoms with Crippen LogP contribution in [0.2, 0.25) is 0 Å². The van der Waals surface area contributed by atoms with E-state index < -0.39 is 90.7 Å². The summed E-state index contributed by atoms with van der Waals surface area (Å²) in [4.78, 5) is 23.6. The van der Waals surface area contributed by atoms with Gasteiger partial charge >= 0.3 is 18.5 Å². The van der Waals surface area contributed by atoms with Gasteiger partial charge in [-0.1, -0.05) is 0 Å². The maximum atomic E-state index is 13.8. The zero-order chi connectivity index (χ0) is 21.6. The largest absolute Gasteiger partial charge is 0.450 e. The molecule has 3 rings (SSSR count). The van der Waals surface area contributed by atoms with E-state index in [1.165, 1.54) is 0 Å². The van der Waals surface area contributed by atoms with E-state index >= 15 is 0 Å². The number of ether oxygens (including phenoxy) is 1. The summed E-state index contributed by atoms with van der Waals surface area (Å²) in [7, 11) is 0. The quantitative estimate of drug-likeness (QED) is 0.471. The Morgan fingerprint density at radius 1 is 0.893 bits per heavy atom. The van der Waals surface area contributed by atoms with Gasteiger partial charge < -0.3 is 4.74 Å². The van der Waals surface area contributed by atoms with Crippen molar-refractivity contribution < 1.29 is 53.8 Å². The normalized spacial score (nSPS) is 36.3. The lowest BCUT2D eigenvalue weighted by molar-refractivity contribution is -0.369. The summed E-state index contributed by atoms with van der Waals surface area (Å²) < 4.78 is 126. The van der Waals surface area contributed by atoms with Crippen molar-refractivity contribution in [3.05, 3.63) is 0 Å². The van der Waals surface area contributed by atoms with Crippen LogP contribution < -0.4 is 0 Å². The summed E-state index contributed by atoms with van der Waals surface area (Å²) in [6.07, 6.45) is -20.0. The van der Waals surface area contributed by atoms with E-state index in [4.69, 9.17) is 0 Å². The van der Waals surface area contributed by atoms with Crippen LogP contribution in [-0.2, 0) is 14.3 Å². The predicted molar refractivity (Wildman–Crippen MR) is 72.6 cm³/mol. The first-order valence-electron chi connectivity index (χ1n) is 8.33. The zero-order valence-corrected chi connectivity index (χ0v) is 14.3.